The van der Waals surface area contributed by atoms with Gasteiger partial charge in [-0.05, 0) is 44.9 Å². The third-order valence-corrected chi connectivity index (χ3v) is 3.85. The van der Waals surface area contributed by atoms with Gasteiger partial charge in [-0.25, -0.2) is 4.79 Å². The molecular weight excluding hydrogens is 302 g/mol. The molecule has 5 nitrogen and oxygen atoms in total. The highest BCUT2D eigenvalue weighted by molar-refractivity contribution is 6.30. The molecule has 1 aliphatic heterocycles. The van der Waals surface area contributed by atoms with Crippen LogP contribution in [0.4, 0.5) is 4.79 Å². The molecule has 0 radical (unpaired) electrons. The maximum atomic E-state index is 12.2. The largest absolute Gasteiger partial charge is 0.349 e. The molecule has 0 aromatic heterocycles. The number of carbonyl (C=O) groups excluding carboxylic acids is 2. The summed E-state index contributed by atoms with van der Waals surface area (Å²) in [6.45, 7) is 5.18. The quantitative estimate of drug-likeness (QED) is 0.898. The van der Waals surface area contributed by atoms with Crippen molar-refractivity contribution >= 4 is 23.5 Å². The molecule has 120 valence electrons. The molecule has 1 aromatic rings. The van der Waals surface area contributed by atoms with Crippen molar-refractivity contribution in [1.29, 1.82) is 0 Å². The highest BCUT2D eigenvalue weighted by Crippen LogP contribution is 2.14. The zero-order chi connectivity index (χ0) is 16.1. The summed E-state index contributed by atoms with van der Waals surface area (Å²) in [6, 6.07) is 7.09. The fourth-order valence-corrected chi connectivity index (χ4v) is 2.65. The van der Waals surface area contributed by atoms with Crippen LogP contribution in [0.5, 0.6) is 0 Å². The van der Waals surface area contributed by atoms with Crippen LogP contribution in [0.15, 0.2) is 24.3 Å². The van der Waals surface area contributed by atoms with Crippen molar-refractivity contribution in [3.63, 3.8) is 0 Å². The van der Waals surface area contributed by atoms with Gasteiger partial charge >= 0.3 is 6.03 Å². The number of nitrogens with one attached hydrogen (secondary N) is 2. The number of halogens is 1. The Balaban J connectivity index is 1.82. The SMILES string of the molecule is CC(C)NC(=O)N1CCC(NC(=O)c2cccc(Cl)c2)CC1. The first-order valence-electron chi connectivity index (χ1n) is 7.57. The first kappa shape index (κ1) is 16.6. The van der Waals surface area contributed by atoms with Crippen molar-refractivity contribution in [3.8, 4) is 0 Å². The van der Waals surface area contributed by atoms with Crippen molar-refractivity contribution in [1.82, 2.24) is 15.5 Å². The highest BCUT2D eigenvalue weighted by atomic mass is 35.5. The maximum Gasteiger partial charge on any atom is 0.317 e. The monoisotopic (exact) mass is 323 g/mol. The van der Waals surface area contributed by atoms with Gasteiger partial charge in [0.15, 0.2) is 0 Å². The Kier molecular flexibility index (Phi) is 5.66. The van der Waals surface area contributed by atoms with Gasteiger partial charge in [0.25, 0.3) is 5.91 Å². The Bertz CT molecular complexity index is 540. The molecule has 0 bridgehead atoms. The molecule has 1 heterocycles. The molecular formula is C16H22ClN3O2. The molecule has 1 aromatic carbocycles. The number of likely N-dealkylation sites (tertiary alicyclic amines) is 1. The molecule has 1 saturated heterocycles. The second-order valence-electron chi connectivity index (χ2n) is 5.85. The van der Waals surface area contributed by atoms with E-state index in [9.17, 15) is 9.59 Å². The number of urea groups is 1. The Hall–Kier alpha value is -1.75. The van der Waals surface area contributed by atoms with E-state index in [1.165, 1.54) is 0 Å². The van der Waals surface area contributed by atoms with Crippen LogP contribution in [0.1, 0.15) is 37.0 Å². The van der Waals surface area contributed by atoms with Crippen molar-refractivity contribution in [2.45, 2.75) is 38.8 Å². The van der Waals surface area contributed by atoms with Crippen LogP contribution in [0.2, 0.25) is 5.02 Å². The lowest BCUT2D eigenvalue weighted by Crippen LogP contribution is -2.50. The Labute approximate surface area is 136 Å². The van der Waals surface area contributed by atoms with Gasteiger partial charge in [-0.15, -0.1) is 0 Å². The summed E-state index contributed by atoms with van der Waals surface area (Å²) in [5.41, 5.74) is 0.562. The molecule has 3 amide bonds. The molecule has 6 heteroatoms. The molecule has 2 rings (SSSR count). The zero-order valence-corrected chi connectivity index (χ0v) is 13.7. The van der Waals surface area contributed by atoms with Crippen molar-refractivity contribution in [3.05, 3.63) is 34.9 Å². The van der Waals surface area contributed by atoms with Crippen LogP contribution in [0.3, 0.4) is 0 Å². The van der Waals surface area contributed by atoms with Gasteiger partial charge in [-0.3, -0.25) is 4.79 Å². The average Bonchev–Trinajstić information content (AvgIpc) is 2.47. The number of nitrogens with zero attached hydrogens (tertiary/aromatic N) is 1. The first-order chi connectivity index (χ1) is 10.5. The van der Waals surface area contributed by atoms with E-state index < -0.39 is 0 Å². The Morgan fingerprint density at radius 2 is 1.95 bits per heavy atom. The molecule has 2 N–H and O–H groups in total. The lowest BCUT2D eigenvalue weighted by molar-refractivity contribution is 0.0918. The smallest absolute Gasteiger partial charge is 0.317 e. The van der Waals surface area contributed by atoms with E-state index in [0.29, 0.717) is 23.7 Å². The van der Waals surface area contributed by atoms with Crippen LogP contribution in [0, 0.1) is 0 Å². The molecule has 0 aliphatic carbocycles. The van der Waals surface area contributed by atoms with Gasteiger partial charge in [0.2, 0.25) is 0 Å². The number of hydrogen-bond acceptors (Lipinski definition) is 2. The fraction of sp³-hybridized carbons (Fsp3) is 0.500. The minimum absolute atomic E-state index is 0.0328. The van der Waals surface area contributed by atoms with Crippen LogP contribution in [-0.2, 0) is 0 Å². The van der Waals surface area contributed by atoms with Crippen LogP contribution < -0.4 is 10.6 Å². The maximum absolute atomic E-state index is 12.2. The third-order valence-electron chi connectivity index (χ3n) is 3.62. The van der Waals surface area contributed by atoms with Crippen LogP contribution >= 0.6 is 11.6 Å². The van der Waals surface area contributed by atoms with E-state index in [1.807, 2.05) is 13.8 Å². The van der Waals surface area contributed by atoms with E-state index >= 15 is 0 Å². The molecule has 0 spiro atoms. The van der Waals surface area contributed by atoms with Crippen molar-refractivity contribution in [2.24, 2.45) is 0 Å². The minimum atomic E-state index is -0.118. The van der Waals surface area contributed by atoms with Crippen LogP contribution in [-0.4, -0.2) is 42.0 Å². The number of hydrogen-bond donors (Lipinski definition) is 2. The number of amides is 3. The van der Waals surface area contributed by atoms with E-state index in [2.05, 4.69) is 10.6 Å². The summed E-state index contributed by atoms with van der Waals surface area (Å²) in [5, 5.41) is 6.44. The molecule has 0 unspecified atom stereocenters. The normalized spacial score (nSPS) is 15.7. The standard InChI is InChI=1S/C16H22ClN3O2/c1-11(2)18-16(22)20-8-6-14(7-9-20)19-15(21)12-4-3-5-13(17)10-12/h3-5,10-11,14H,6-9H2,1-2H3,(H,18,22)(H,19,21). The van der Waals surface area contributed by atoms with Gasteiger partial charge in [0.1, 0.15) is 0 Å². The second kappa shape index (κ2) is 7.49. The zero-order valence-electron chi connectivity index (χ0n) is 12.9. The van der Waals surface area contributed by atoms with Gasteiger partial charge in [0.05, 0.1) is 0 Å². The van der Waals surface area contributed by atoms with E-state index in [1.54, 1.807) is 29.2 Å². The number of benzene rings is 1. The molecule has 1 aliphatic rings. The summed E-state index contributed by atoms with van der Waals surface area (Å²) in [7, 11) is 0. The lowest BCUT2D eigenvalue weighted by Gasteiger charge is -2.32. The van der Waals surface area contributed by atoms with E-state index in [0.717, 1.165) is 12.8 Å². The van der Waals surface area contributed by atoms with E-state index in [4.69, 9.17) is 11.6 Å². The highest BCUT2D eigenvalue weighted by Gasteiger charge is 2.24. The predicted octanol–water partition coefficient (Wildman–Crippen LogP) is 2.65. The summed E-state index contributed by atoms with van der Waals surface area (Å²) < 4.78 is 0. The summed E-state index contributed by atoms with van der Waals surface area (Å²) in [5.74, 6) is -0.118. The second-order valence-corrected chi connectivity index (χ2v) is 6.29. The number of piperidine rings is 1. The molecule has 0 atom stereocenters. The van der Waals surface area contributed by atoms with Gasteiger partial charge in [0, 0.05) is 35.8 Å². The summed E-state index contributed by atoms with van der Waals surface area (Å²) in [4.78, 5) is 25.9. The van der Waals surface area contributed by atoms with Gasteiger partial charge in [-0.1, -0.05) is 17.7 Å². The first-order valence-corrected chi connectivity index (χ1v) is 7.95. The summed E-state index contributed by atoms with van der Waals surface area (Å²) in [6.07, 6.45) is 1.52. The van der Waals surface area contributed by atoms with Gasteiger partial charge < -0.3 is 15.5 Å². The lowest BCUT2D eigenvalue weighted by atomic mass is 10.0. The van der Waals surface area contributed by atoms with Crippen LogP contribution in [0.25, 0.3) is 0 Å². The Morgan fingerprint density at radius 1 is 1.27 bits per heavy atom. The predicted molar refractivity (Wildman–Crippen MR) is 87.2 cm³/mol. The van der Waals surface area contributed by atoms with Crippen molar-refractivity contribution in [2.75, 3.05) is 13.1 Å². The fourth-order valence-electron chi connectivity index (χ4n) is 2.46. The minimum Gasteiger partial charge on any atom is -0.349 e. The molecule has 22 heavy (non-hydrogen) atoms. The average molecular weight is 324 g/mol. The molecule has 0 saturated carbocycles. The Morgan fingerprint density at radius 3 is 2.55 bits per heavy atom. The summed E-state index contributed by atoms with van der Waals surface area (Å²) >= 11 is 5.90. The van der Waals surface area contributed by atoms with E-state index in [-0.39, 0.29) is 24.0 Å². The number of carbonyl (C=O) groups is 2. The number of rotatable bonds is 3. The topological polar surface area (TPSA) is 61.4 Å². The molecule has 1 fully saturated rings. The van der Waals surface area contributed by atoms with Crippen molar-refractivity contribution < 1.29 is 9.59 Å². The third kappa shape index (κ3) is 4.63. The van der Waals surface area contributed by atoms with Gasteiger partial charge in [-0.2, -0.15) is 0 Å².